The molecule has 0 aromatic carbocycles. The molecule has 80 valence electrons. The van der Waals surface area contributed by atoms with Gasteiger partial charge in [-0.2, -0.15) is 0 Å². The zero-order valence-electron chi connectivity index (χ0n) is 9.88. The normalized spacial score (nSPS) is 11.6. The Morgan fingerprint density at radius 2 is 1.67 bits per heavy atom. The first-order valence-corrected chi connectivity index (χ1v) is 6.06. The maximum Gasteiger partial charge on any atom is 0.171 e. The predicted octanol–water partition coefficient (Wildman–Crippen LogP) is 3.74. The van der Waals surface area contributed by atoms with E-state index in [0.717, 1.165) is 10.7 Å². The Hall–Kier alpha value is -0.960. The largest absolute Gasteiger partial charge is 0.232 e. The maximum atomic E-state index is 4.66. The number of pyridine rings is 1. The molecule has 0 aliphatic rings. The van der Waals surface area contributed by atoms with Crippen LogP contribution in [0.15, 0.2) is 0 Å². The third-order valence-corrected chi connectivity index (χ3v) is 3.86. The van der Waals surface area contributed by atoms with E-state index in [4.69, 9.17) is 0 Å². The molecule has 0 radical (unpaired) electrons. The van der Waals surface area contributed by atoms with E-state index in [1.54, 1.807) is 11.3 Å². The van der Waals surface area contributed by atoms with Crippen molar-refractivity contribution in [2.45, 2.75) is 40.5 Å². The van der Waals surface area contributed by atoms with E-state index in [-0.39, 0.29) is 0 Å². The summed E-state index contributed by atoms with van der Waals surface area (Å²) in [5, 5.41) is 1.10. The summed E-state index contributed by atoms with van der Waals surface area (Å²) in [6.45, 7) is 10.7. The number of aryl methyl sites for hydroxylation is 2. The fourth-order valence-electron chi connectivity index (χ4n) is 1.86. The van der Waals surface area contributed by atoms with Crippen LogP contribution in [-0.2, 0) is 0 Å². The van der Waals surface area contributed by atoms with Crippen molar-refractivity contribution in [2.75, 3.05) is 0 Å². The summed E-state index contributed by atoms with van der Waals surface area (Å²) < 4.78 is 1.24. The molecule has 0 spiro atoms. The quantitative estimate of drug-likeness (QED) is 0.731. The SMILES string of the molecule is Cc1nc2nc(C(C)C)c(C)c(C)c2s1. The van der Waals surface area contributed by atoms with E-state index in [1.165, 1.54) is 21.5 Å². The van der Waals surface area contributed by atoms with Gasteiger partial charge < -0.3 is 0 Å². The minimum absolute atomic E-state index is 0.468. The molecule has 2 aromatic rings. The van der Waals surface area contributed by atoms with E-state index in [9.17, 15) is 0 Å². The van der Waals surface area contributed by atoms with Crippen molar-refractivity contribution in [3.63, 3.8) is 0 Å². The second-order valence-corrected chi connectivity index (χ2v) is 5.49. The van der Waals surface area contributed by atoms with E-state index in [0.29, 0.717) is 5.92 Å². The summed E-state index contributed by atoms with van der Waals surface area (Å²) >= 11 is 1.74. The fourth-order valence-corrected chi connectivity index (χ4v) is 2.77. The van der Waals surface area contributed by atoms with Crippen LogP contribution >= 0.6 is 11.3 Å². The van der Waals surface area contributed by atoms with Crippen LogP contribution in [-0.4, -0.2) is 9.97 Å². The highest BCUT2D eigenvalue weighted by atomic mass is 32.1. The zero-order valence-corrected chi connectivity index (χ0v) is 10.7. The van der Waals surface area contributed by atoms with Gasteiger partial charge in [0.05, 0.1) is 9.71 Å². The van der Waals surface area contributed by atoms with E-state index in [2.05, 4.69) is 37.7 Å². The van der Waals surface area contributed by atoms with Gasteiger partial charge in [-0.25, -0.2) is 9.97 Å². The third-order valence-electron chi connectivity index (χ3n) is 2.78. The first-order chi connectivity index (χ1) is 7.00. The van der Waals surface area contributed by atoms with E-state index >= 15 is 0 Å². The fraction of sp³-hybridized carbons (Fsp3) is 0.500. The Labute approximate surface area is 94.4 Å². The third kappa shape index (κ3) is 1.65. The minimum Gasteiger partial charge on any atom is -0.232 e. The van der Waals surface area contributed by atoms with Crippen molar-refractivity contribution in [2.24, 2.45) is 0 Å². The molecule has 0 saturated heterocycles. The van der Waals surface area contributed by atoms with Crippen molar-refractivity contribution < 1.29 is 0 Å². The molecule has 3 heteroatoms. The first-order valence-electron chi connectivity index (χ1n) is 5.25. The van der Waals surface area contributed by atoms with Gasteiger partial charge in [-0.1, -0.05) is 13.8 Å². The van der Waals surface area contributed by atoms with E-state index < -0.39 is 0 Å². The molecular weight excluding hydrogens is 204 g/mol. The monoisotopic (exact) mass is 220 g/mol. The molecule has 15 heavy (non-hydrogen) atoms. The van der Waals surface area contributed by atoms with Crippen LogP contribution in [0, 0.1) is 20.8 Å². The van der Waals surface area contributed by atoms with Crippen LogP contribution in [0.25, 0.3) is 10.3 Å². The van der Waals surface area contributed by atoms with E-state index in [1.807, 2.05) is 6.92 Å². The van der Waals surface area contributed by atoms with Gasteiger partial charge in [0, 0.05) is 5.69 Å². The van der Waals surface area contributed by atoms with Crippen molar-refractivity contribution in [1.29, 1.82) is 0 Å². The van der Waals surface area contributed by atoms with Crippen molar-refractivity contribution in [3.05, 3.63) is 21.8 Å². The summed E-state index contributed by atoms with van der Waals surface area (Å²) in [6.07, 6.45) is 0. The molecule has 2 heterocycles. The van der Waals surface area contributed by atoms with Gasteiger partial charge in [0.25, 0.3) is 0 Å². The second kappa shape index (κ2) is 3.56. The Balaban J connectivity index is 2.81. The lowest BCUT2D eigenvalue weighted by Gasteiger charge is -2.10. The molecule has 2 nitrogen and oxygen atoms in total. The summed E-state index contributed by atoms with van der Waals surface area (Å²) in [5.41, 5.74) is 4.77. The average Bonchev–Trinajstić information content (AvgIpc) is 2.52. The molecule has 0 fully saturated rings. The number of fused-ring (bicyclic) bond motifs is 1. The van der Waals surface area contributed by atoms with Gasteiger partial charge in [0.2, 0.25) is 0 Å². The Morgan fingerprint density at radius 1 is 1.00 bits per heavy atom. The Bertz CT molecular complexity index is 512. The summed E-state index contributed by atoms with van der Waals surface area (Å²) in [5.74, 6) is 0.468. The van der Waals surface area contributed by atoms with Crippen molar-refractivity contribution in [3.8, 4) is 0 Å². The molecule has 0 aliphatic heterocycles. The molecule has 0 atom stereocenters. The van der Waals surface area contributed by atoms with Gasteiger partial charge in [-0.3, -0.25) is 0 Å². The van der Waals surface area contributed by atoms with Gasteiger partial charge in [0.15, 0.2) is 5.65 Å². The second-order valence-electron chi connectivity index (χ2n) is 4.29. The number of hydrogen-bond acceptors (Lipinski definition) is 3. The van der Waals surface area contributed by atoms with Gasteiger partial charge in [-0.05, 0) is 37.8 Å². The molecule has 0 N–H and O–H groups in total. The highest BCUT2D eigenvalue weighted by molar-refractivity contribution is 7.18. The smallest absolute Gasteiger partial charge is 0.171 e. The predicted molar refractivity (Wildman–Crippen MR) is 65.7 cm³/mol. The number of nitrogens with zero attached hydrogens (tertiary/aromatic N) is 2. The number of rotatable bonds is 1. The zero-order chi connectivity index (χ0) is 11.2. The molecule has 0 unspecified atom stereocenters. The molecule has 2 aromatic heterocycles. The van der Waals surface area contributed by atoms with Crippen LogP contribution in [0.5, 0.6) is 0 Å². The first kappa shape index (κ1) is 10.6. The summed E-state index contributed by atoms with van der Waals surface area (Å²) in [6, 6.07) is 0. The van der Waals surface area contributed by atoms with Crippen LogP contribution in [0.1, 0.15) is 41.6 Å². The minimum atomic E-state index is 0.468. The van der Waals surface area contributed by atoms with Crippen LogP contribution < -0.4 is 0 Å². The standard InChI is InChI=1S/C12H16N2S/c1-6(2)10-7(3)8(4)11-12(14-10)13-9(5)15-11/h6H,1-5H3. The number of thiazole rings is 1. The molecule has 0 aliphatic carbocycles. The highest BCUT2D eigenvalue weighted by Gasteiger charge is 2.13. The molecule has 0 saturated carbocycles. The maximum absolute atomic E-state index is 4.66. The lowest BCUT2D eigenvalue weighted by molar-refractivity contribution is 0.815. The van der Waals surface area contributed by atoms with Gasteiger partial charge in [0.1, 0.15) is 0 Å². The van der Waals surface area contributed by atoms with Gasteiger partial charge >= 0.3 is 0 Å². The Morgan fingerprint density at radius 3 is 2.27 bits per heavy atom. The van der Waals surface area contributed by atoms with Crippen LogP contribution in [0.2, 0.25) is 0 Å². The molecule has 0 bridgehead atoms. The van der Waals surface area contributed by atoms with Gasteiger partial charge in [-0.15, -0.1) is 11.3 Å². The topological polar surface area (TPSA) is 25.8 Å². The van der Waals surface area contributed by atoms with Crippen LogP contribution in [0.3, 0.4) is 0 Å². The lowest BCUT2D eigenvalue weighted by atomic mass is 10.0. The number of aromatic nitrogens is 2. The highest BCUT2D eigenvalue weighted by Crippen LogP contribution is 2.29. The molecular formula is C12H16N2S. The number of hydrogen-bond donors (Lipinski definition) is 0. The van der Waals surface area contributed by atoms with Crippen molar-refractivity contribution in [1.82, 2.24) is 9.97 Å². The van der Waals surface area contributed by atoms with Crippen molar-refractivity contribution >= 4 is 21.7 Å². The van der Waals surface area contributed by atoms with Crippen LogP contribution in [0.4, 0.5) is 0 Å². The molecule has 0 amide bonds. The summed E-state index contributed by atoms with van der Waals surface area (Å²) in [7, 11) is 0. The lowest BCUT2D eigenvalue weighted by Crippen LogP contribution is -1.99. The molecule has 2 rings (SSSR count). The average molecular weight is 220 g/mol. The Kier molecular flexibility index (Phi) is 2.51. The summed E-state index contributed by atoms with van der Waals surface area (Å²) in [4.78, 5) is 9.12.